The number of pyridine rings is 1. The Morgan fingerprint density at radius 3 is 2.75 bits per heavy atom. The van der Waals surface area contributed by atoms with Crippen LogP contribution in [-0.4, -0.2) is 22.2 Å². The number of hydrogen-bond donors (Lipinski definition) is 2. The van der Waals surface area contributed by atoms with Crippen LogP contribution in [0.5, 0.6) is 0 Å². The average molecular weight is 287 g/mol. The van der Waals surface area contributed by atoms with Crippen LogP contribution in [0.1, 0.15) is 27.2 Å². The van der Waals surface area contributed by atoms with Crippen molar-refractivity contribution in [3.63, 3.8) is 0 Å². The molecule has 0 saturated heterocycles. The van der Waals surface area contributed by atoms with E-state index in [1.165, 1.54) is 0 Å². The summed E-state index contributed by atoms with van der Waals surface area (Å²) in [6, 6.07) is 5.67. The van der Waals surface area contributed by atoms with Crippen molar-refractivity contribution in [2.45, 2.75) is 32.8 Å². The summed E-state index contributed by atoms with van der Waals surface area (Å²) < 4.78 is 0.793. The zero-order chi connectivity index (χ0) is 12.2. The molecule has 0 aromatic carbocycles. The topological polar surface area (TPSA) is 45.1 Å². The van der Waals surface area contributed by atoms with E-state index in [-0.39, 0.29) is 0 Å². The van der Waals surface area contributed by atoms with E-state index in [1.54, 1.807) is 0 Å². The second kappa shape index (κ2) is 5.64. The third-order valence-electron chi connectivity index (χ3n) is 2.21. The van der Waals surface area contributed by atoms with Crippen molar-refractivity contribution in [3.8, 4) is 0 Å². The summed E-state index contributed by atoms with van der Waals surface area (Å²) in [5.41, 5.74) is -0.696. The molecule has 16 heavy (non-hydrogen) atoms. The molecule has 4 heteroatoms. The number of rotatable bonds is 5. The first-order valence-electron chi connectivity index (χ1n) is 5.48. The van der Waals surface area contributed by atoms with Crippen LogP contribution < -0.4 is 5.32 Å². The van der Waals surface area contributed by atoms with Crippen LogP contribution in [0.15, 0.2) is 22.8 Å². The molecule has 0 aliphatic rings. The molecule has 1 aromatic rings. The first kappa shape index (κ1) is 13.5. The summed E-state index contributed by atoms with van der Waals surface area (Å²) in [4.78, 5) is 4.25. The molecule has 2 N–H and O–H groups in total. The molecule has 1 rings (SSSR count). The Bertz CT molecular complexity index is 340. The van der Waals surface area contributed by atoms with Crippen LogP contribution in [0.3, 0.4) is 0 Å². The molecular formula is C12H19BrN2O. The lowest BCUT2D eigenvalue weighted by atomic mass is 9.94. The quantitative estimate of drug-likeness (QED) is 0.818. The standard InChI is InChI=1S/C12H19BrN2O/c1-9(2)7-12(3,16)8-14-11-6-4-5-10(13)15-11/h4-6,9,16H,7-8H2,1-3H3,(H,14,15). The van der Waals surface area contributed by atoms with Gasteiger partial charge in [0.25, 0.3) is 0 Å². The van der Waals surface area contributed by atoms with Crippen molar-refractivity contribution in [3.05, 3.63) is 22.8 Å². The number of anilines is 1. The third kappa shape index (κ3) is 4.94. The first-order valence-corrected chi connectivity index (χ1v) is 6.27. The van der Waals surface area contributed by atoms with Gasteiger partial charge in [0, 0.05) is 6.54 Å². The Labute approximate surface area is 105 Å². The molecule has 0 spiro atoms. The van der Waals surface area contributed by atoms with Crippen molar-refractivity contribution >= 4 is 21.7 Å². The monoisotopic (exact) mass is 286 g/mol. The SMILES string of the molecule is CC(C)CC(C)(O)CNc1cccc(Br)n1. The van der Waals surface area contributed by atoms with Crippen LogP contribution in [0, 0.1) is 5.92 Å². The molecule has 1 unspecified atom stereocenters. The molecule has 1 aromatic heterocycles. The molecular weight excluding hydrogens is 268 g/mol. The normalized spacial score (nSPS) is 14.9. The van der Waals surface area contributed by atoms with Gasteiger partial charge in [-0.05, 0) is 47.3 Å². The lowest BCUT2D eigenvalue weighted by molar-refractivity contribution is 0.0515. The molecule has 0 radical (unpaired) electrons. The Kier molecular flexibility index (Phi) is 4.74. The third-order valence-corrected chi connectivity index (χ3v) is 2.66. The van der Waals surface area contributed by atoms with Gasteiger partial charge in [0.2, 0.25) is 0 Å². The van der Waals surface area contributed by atoms with Crippen LogP contribution >= 0.6 is 15.9 Å². The van der Waals surface area contributed by atoms with Gasteiger partial charge < -0.3 is 10.4 Å². The maximum absolute atomic E-state index is 10.1. The van der Waals surface area contributed by atoms with Crippen molar-refractivity contribution < 1.29 is 5.11 Å². The number of aromatic nitrogens is 1. The van der Waals surface area contributed by atoms with E-state index in [0.717, 1.165) is 16.8 Å². The summed E-state index contributed by atoms with van der Waals surface area (Å²) in [5, 5.41) is 13.3. The highest BCUT2D eigenvalue weighted by Crippen LogP contribution is 2.17. The predicted molar refractivity (Wildman–Crippen MR) is 70.5 cm³/mol. The fourth-order valence-electron chi connectivity index (χ4n) is 1.74. The molecule has 1 heterocycles. The van der Waals surface area contributed by atoms with Gasteiger partial charge in [-0.3, -0.25) is 0 Å². The molecule has 3 nitrogen and oxygen atoms in total. The Hall–Kier alpha value is -0.610. The first-order chi connectivity index (χ1) is 7.39. The highest BCUT2D eigenvalue weighted by Gasteiger charge is 2.21. The Morgan fingerprint density at radius 2 is 2.19 bits per heavy atom. The lowest BCUT2D eigenvalue weighted by Gasteiger charge is -2.25. The van der Waals surface area contributed by atoms with Crippen LogP contribution in [0.2, 0.25) is 0 Å². The number of hydrogen-bond acceptors (Lipinski definition) is 3. The molecule has 0 amide bonds. The van der Waals surface area contributed by atoms with Crippen molar-refractivity contribution in [1.29, 1.82) is 0 Å². The van der Waals surface area contributed by atoms with Gasteiger partial charge in [-0.1, -0.05) is 19.9 Å². The number of aliphatic hydroxyl groups is 1. The van der Waals surface area contributed by atoms with Crippen molar-refractivity contribution in [1.82, 2.24) is 4.98 Å². The van der Waals surface area contributed by atoms with E-state index in [9.17, 15) is 5.11 Å². The van der Waals surface area contributed by atoms with Gasteiger partial charge in [0.05, 0.1) is 5.60 Å². The van der Waals surface area contributed by atoms with Gasteiger partial charge in [-0.15, -0.1) is 0 Å². The zero-order valence-electron chi connectivity index (χ0n) is 10.00. The van der Waals surface area contributed by atoms with Gasteiger partial charge in [0.15, 0.2) is 0 Å². The minimum atomic E-state index is -0.696. The maximum atomic E-state index is 10.1. The van der Waals surface area contributed by atoms with Crippen molar-refractivity contribution in [2.24, 2.45) is 5.92 Å². The molecule has 0 aliphatic carbocycles. The summed E-state index contributed by atoms with van der Waals surface area (Å²) >= 11 is 3.31. The van der Waals surface area contributed by atoms with E-state index < -0.39 is 5.60 Å². The van der Waals surface area contributed by atoms with Crippen LogP contribution in [0.4, 0.5) is 5.82 Å². The summed E-state index contributed by atoms with van der Waals surface area (Å²) in [6.45, 7) is 6.56. The highest BCUT2D eigenvalue weighted by atomic mass is 79.9. The van der Waals surface area contributed by atoms with E-state index in [1.807, 2.05) is 25.1 Å². The highest BCUT2D eigenvalue weighted by molar-refractivity contribution is 9.10. The fraction of sp³-hybridized carbons (Fsp3) is 0.583. The average Bonchev–Trinajstić information content (AvgIpc) is 2.13. The van der Waals surface area contributed by atoms with Gasteiger partial charge in [-0.2, -0.15) is 0 Å². The minimum absolute atomic E-state index is 0.479. The summed E-state index contributed by atoms with van der Waals surface area (Å²) in [7, 11) is 0. The number of halogens is 1. The molecule has 0 bridgehead atoms. The molecule has 1 atom stereocenters. The number of nitrogens with zero attached hydrogens (tertiary/aromatic N) is 1. The van der Waals surface area contributed by atoms with E-state index >= 15 is 0 Å². The Morgan fingerprint density at radius 1 is 1.50 bits per heavy atom. The number of nitrogens with one attached hydrogen (secondary N) is 1. The van der Waals surface area contributed by atoms with Gasteiger partial charge in [0.1, 0.15) is 10.4 Å². The molecule has 0 fully saturated rings. The molecule has 0 aliphatic heterocycles. The largest absolute Gasteiger partial charge is 0.388 e. The van der Waals surface area contributed by atoms with Crippen molar-refractivity contribution in [2.75, 3.05) is 11.9 Å². The summed E-state index contributed by atoms with van der Waals surface area (Å²) in [5.74, 6) is 1.26. The molecule has 0 saturated carbocycles. The lowest BCUT2D eigenvalue weighted by Crippen LogP contribution is -2.35. The second-order valence-electron chi connectivity index (χ2n) is 4.79. The van der Waals surface area contributed by atoms with E-state index in [0.29, 0.717) is 12.5 Å². The van der Waals surface area contributed by atoms with Crippen LogP contribution in [0.25, 0.3) is 0 Å². The van der Waals surface area contributed by atoms with Gasteiger partial charge >= 0.3 is 0 Å². The van der Waals surface area contributed by atoms with Crippen LogP contribution in [-0.2, 0) is 0 Å². The van der Waals surface area contributed by atoms with Gasteiger partial charge in [-0.25, -0.2) is 4.98 Å². The molecule has 90 valence electrons. The Balaban J connectivity index is 2.50. The minimum Gasteiger partial charge on any atom is -0.388 e. The predicted octanol–water partition coefficient (Wildman–Crippen LogP) is 3.05. The summed E-state index contributed by atoms with van der Waals surface area (Å²) in [6.07, 6.45) is 0.772. The second-order valence-corrected chi connectivity index (χ2v) is 5.61. The zero-order valence-corrected chi connectivity index (χ0v) is 11.6. The van der Waals surface area contributed by atoms with E-state index in [2.05, 4.69) is 40.1 Å². The smallest absolute Gasteiger partial charge is 0.127 e. The fourth-order valence-corrected chi connectivity index (χ4v) is 2.08. The maximum Gasteiger partial charge on any atom is 0.127 e. The van der Waals surface area contributed by atoms with E-state index in [4.69, 9.17) is 0 Å².